The quantitative estimate of drug-likeness (QED) is 0.757. The van der Waals surface area contributed by atoms with Gasteiger partial charge in [-0.05, 0) is 31.5 Å². The van der Waals surface area contributed by atoms with Gasteiger partial charge in [-0.3, -0.25) is 0 Å². The maximum atomic E-state index is 9.48. The Morgan fingerprint density at radius 2 is 1.94 bits per heavy atom. The number of aliphatic hydroxyl groups excluding tert-OH is 1. The summed E-state index contributed by atoms with van der Waals surface area (Å²) in [7, 11) is -1.86. The van der Waals surface area contributed by atoms with Crippen LogP contribution in [0.15, 0.2) is 11.5 Å². The number of allylic oxidation sites excluding steroid dienone is 1. The molecule has 0 spiro atoms. The average Bonchev–Trinajstić information content (AvgIpc) is 2.09. The van der Waals surface area contributed by atoms with E-state index in [9.17, 15) is 5.11 Å². The highest BCUT2D eigenvalue weighted by molar-refractivity contribution is 6.74. The molecule has 16 heavy (non-hydrogen) atoms. The summed E-state index contributed by atoms with van der Waals surface area (Å²) < 4.78 is 11.4. The van der Waals surface area contributed by atoms with Crippen LogP contribution in [0.5, 0.6) is 0 Å². The molecule has 1 atom stereocenters. The van der Waals surface area contributed by atoms with Crippen molar-refractivity contribution in [1.82, 2.24) is 0 Å². The summed E-state index contributed by atoms with van der Waals surface area (Å²) in [6, 6.07) is 0. The lowest BCUT2D eigenvalue weighted by Crippen LogP contribution is -2.41. The van der Waals surface area contributed by atoms with Crippen molar-refractivity contribution in [2.45, 2.75) is 65.0 Å². The molecule has 0 saturated carbocycles. The van der Waals surface area contributed by atoms with Crippen molar-refractivity contribution >= 4 is 8.32 Å². The van der Waals surface area contributed by atoms with Crippen LogP contribution in [-0.2, 0) is 9.16 Å². The molecule has 0 aromatic heterocycles. The summed E-state index contributed by atoms with van der Waals surface area (Å²) in [6.07, 6.45) is 0.810. The highest BCUT2D eigenvalue weighted by atomic mass is 28.4. The maximum Gasteiger partial charge on any atom is 0.266 e. The van der Waals surface area contributed by atoms with Crippen molar-refractivity contribution in [2.75, 3.05) is 0 Å². The van der Waals surface area contributed by atoms with Crippen molar-refractivity contribution in [3.05, 3.63) is 11.5 Å². The number of hydrogen-bond donors (Lipinski definition) is 1. The van der Waals surface area contributed by atoms with Gasteiger partial charge in [0.05, 0.1) is 0 Å². The Morgan fingerprint density at radius 1 is 1.38 bits per heavy atom. The number of hydrogen-bond acceptors (Lipinski definition) is 3. The first-order chi connectivity index (χ1) is 7.13. The molecule has 4 heteroatoms. The fourth-order valence-electron chi connectivity index (χ4n) is 1.22. The Morgan fingerprint density at radius 3 is 2.44 bits per heavy atom. The van der Waals surface area contributed by atoms with E-state index in [0.29, 0.717) is 12.4 Å². The van der Waals surface area contributed by atoms with Crippen LogP contribution < -0.4 is 0 Å². The molecular formula is C12H24O3Si. The van der Waals surface area contributed by atoms with Gasteiger partial charge in [0.15, 0.2) is 0 Å². The molecule has 0 saturated heterocycles. The zero-order valence-electron chi connectivity index (χ0n) is 11.3. The van der Waals surface area contributed by atoms with Crippen LogP contribution in [0.25, 0.3) is 0 Å². The smallest absolute Gasteiger partial charge is 0.266 e. The molecule has 0 amide bonds. The molecule has 1 N–H and O–H groups in total. The van der Waals surface area contributed by atoms with Gasteiger partial charge in [-0.1, -0.05) is 20.8 Å². The van der Waals surface area contributed by atoms with E-state index in [1.54, 1.807) is 0 Å². The highest BCUT2D eigenvalue weighted by Gasteiger charge is 2.40. The normalized spacial score (nSPS) is 23.1. The Balaban J connectivity index is 2.80. The standard InChI is InChI=1S/C12H24O3Si/c1-9-7-8-10(13)14-11(9)15-16(5,6)12(2,3)4/h10,13H,7-8H2,1-6H3. The monoisotopic (exact) mass is 244 g/mol. The molecule has 1 heterocycles. The molecule has 1 unspecified atom stereocenters. The molecule has 0 bridgehead atoms. The SMILES string of the molecule is CC1=C(O[Si](C)(C)C(C)(C)C)OC(O)CC1. The molecule has 0 radical (unpaired) electrons. The summed E-state index contributed by atoms with van der Waals surface area (Å²) in [5.74, 6) is 0.561. The van der Waals surface area contributed by atoms with Crippen LogP contribution in [0.4, 0.5) is 0 Å². The third-order valence-electron chi connectivity index (χ3n) is 3.51. The third kappa shape index (κ3) is 3.01. The van der Waals surface area contributed by atoms with E-state index in [1.165, 1.54) is 0 Å². The van der Waals surface area contributed by atoms with Gasteiger partial charge in [-0.25, -0.2) is 0 Å². The van der Waals surface area contributed by atoms with Crippen molar-refractivity contribution in [2.24, 2.45) is 0 Å². The molecule has 1 aliphatic heterocycles. The van der Waals surface area contributed by atoms with Gasteiger partial charge in [0.25, 0.3) is 14.3 Å². The molecule has 0 aromatic carbocycles. The second-order valence-corrected chi connectivity index (χ2v) is 10.8. The van der Waals surface area contributed by atoms with E-state index in [0.717, 1.165) is 12.0 Å². The fourth-order valence-corrected chi connectivity index (χ4v) is 2.21. The zero-order valence-corrected chi connectivity index (χ0v) is 12.3. The topological polar surface area (TPSA) is 38.7 Å². The lowest BCUT2D eigenvalue weighted by atomic mass is 10.1. The fraction of sp³-hybridized carbons (Fsp3) is 0.833. The molecule has 1 rings (SSSR count). The van der Waals surface area contributed by atoms with E-state index >= 15 is 0 Å². The summed E-state index contributed by atoms with van der Waals surface area (Å²) in [5, 5.41) is 9.62. The maximum absolute atomic E-state index is 9.48. The predicted molar refractivity (Wildman–Crippen MR) is 67.3 cm³/mol. The minimum absolute atomic E-state index is 0.145. The second-order valence-electron chi connectivity index (χ2n) is 6.04. The van der Waals surface area contributed by atoms with Crippen molar-refractivity contribution in [3.8, 4) is 0 Å². The molecule has 0 fully saturated rings. The first kappa shape index (κ1) is 13.6. The van der Waals surface area contributed by atoms with Crippen molar-refractivity contribution < 1.29 is 14.3 Å². The summed E-state index contributed by atoms with van der Waals surface area (Å²) in [4.78, 5) is 0. The van der Waals surface area contributed by atoms with Crippen LogP contribution in [0.3, 0.4) is 0 Å². The minimum Gasteiger partial charge on any atom is -0.519 e. The summed E-state index contributed by atoms with van der Waals surface area (Å²) in [5.41, 5.74) is 1.11. The number of rotatable bonds is 2. The second kappa shape index (κ2) is 4.41. The summed E-state index contributed by atoms with van der Waals surface area (Å²) >= 11 is 0. The lowest BCUT2D eigenvalue weighted by molar-refractivity contribution is -0.112. The first-order valence-electron chi connectivity index (χ1n) is 5.87. The van der Waals surface area contributed by atoms with Crippen LogP contribution in [-0.4, -0.2) is 19.7 Å². The van der Waals surface area contributed by atoms with Gasteiger partial charge in [0.2, 0.25) is 6.29 Å². The van der Waals surface area contributed by atoms with Gasteiger partial charge >= 0.3 is 0 Å². The van der Waals surface area contributed by atoms with Gasteiger partial charge in [-0.2, -0.15) is 0 Å². The van der Waals surface area contributed by atoms with E-state index in [4.69, 9.17) is 9.16 Å². The van der Waals surface area contributed by atoms with E-state index in [-0.39, 0.29) is 5.04 Å². The van der Waals surface area contributed by atoms with Crippen molar-refractivity contribution in [3.63, 3.8) is 0 Å². The van der Waals surface area contributed by atoms with Gasteiger partial charge in [0.1, 0.15) is 0 Å². The Bertz CT molecular complexity index is 289. The lowest BCUT2D eigenvalue weighted by Gasteiger charge is -2.38. The molecular weight excluding hydrogens is 220 g/mol. The number of ether oxygens (including phenoxy) is 1. The minimum atomic E-state index is -1.86. The zero-order chi connectivity index (χ0) is 12.6. The van der Waals surface area contributed by atoms with E-state index in [2.05, 4.69) is 33.9 Å². The van der Waals surface area contributed by atoms with Crippen LogP contribution >= 0.6 is 0 Å². The molecule has 94 valence electrons. The van der Waals surface area contributed by atoms with Crippen LogP contribution in [0.1, 0.15) is 40.5 Å². The average molecular weight is 244 g/mol. The molecule has 3 nitrogen and oxygen atoms in total. The molecule has 1 aliphatic rings. The largest absolute Gasteiger partial charge is 0.519 e. The van der Waals surface area contributed by atoms with Crippen LogP contribution in [0.2, 0.25) is 18.1 Å². The van der Waals surface area contributed by atoms with E-state index in [1.807, 2.05) is 6.92 Å². The Labute approximate surface area is 99.6 Å². The molecule has 0 aliphatic carbocycles. The number of aliphatic hydroxyl groups is 1. The van der Waals surface area contributed by atoms with Crippen molar-refractivity contribution in [1.29, 1.82) is 0 Å². The Hall–Kier alpha value is -0.483. The predicted octanol–water partition coefficient (Wildman–Crippen LogP) is 3.37. The van der Waals surface area contributed by atoms with Gasteiger partial charge < -0.3 is 14.3 Å². The molecule has 0 aromatic rings. The third-order valence-corrected chi connectivity index (χ3v) is 7.82. The van der Waals surface area contributed by atoms with Gasteiger partial charge in [-0.15, -0.1) is 0 Å². The first-order valence-corrected chi connectivity index (χ1v) is 8.78. The Kier molecular flexibility index (Phi) is 3.75. The van der Waals surface area contributed by atoms with Crippen LogP contribution in [0, 0.1) is 0 Å². The van der Waals surface area contributed by atoms with E-state index < -0.39 is 14.6 Å². The van der Waals surface area contributed by atoms with Gasteiger partial charge in [0, 0.05) is 12.0 Å². The highest BCUT2D eigenvalue weighted by Crippen LogP contribution is 2.39. The summed E-state index contributed by atoms with van der Waals surface area (Å²) in [6.45, 7) is 12.9.